The van der Waals surface area contributed by atoms with E-state index in [1.165, 1.54) is 10.9 Å². The number of carbonyl (C=O) groups is 1. The molecule has 0 bridgehead atoms. The summed E-state index contributed by atoms with van der Waals surface area (Å²) in [7, 11) is 0. The Morgan fingerprint density at radius 1 is 0.933 bits per heavy atom. The van der Waals surface area contributed by atoms with Gasteiger partial charge in [-0.2, -0.15) is 5.10 Å². The summed E-state index contributed by atoms with van der Waals surface area (Å²) in [4.78, 5) is 15.0. The van der Waals surface area contributed by atoms with Crippen LogP contribution in [-0.2, 0) is 30.7 Å². The van der Waals surface area contributed by atoms with Crippen molar-refractivity contribution in [2.24, 2.45) is 0 Å². The fourth-order valence-corrected chi connectivity index (χ4v) is 4.11. The van der Waals surface area contributed by atoms with Crippen LogP contribution in [0.15, 0.2) is 72.8 Å². The monoisotopic (exact) mass is 396 g/mol. The number of fused-ring (bicyclic) bond motifs is 2. The van der Waals surface area contributed by atoms with Crippen molar-refractivity contribution in [3.05, 3.63) is 95.2 Å². The molecule has 0 aliphatic carbocycles. The van der Waals surface area contributed by atoms with Gasteiger partial charge >= 0.3 is 0 Å². The lowest BCUT2D eigenvalue weighted by Gasteiger charge is -2.15. The molecule has 0 spiro atoms. The Balaban J connectivity index is 1.20. The van der Waals surface area contributed by atoms with Crippen molar-refractivity contribution in [2.75, 3.05) is 11.9 Å². The molecule has 0 radical (unpaired) electrons. The highest BCUT2D eigenvalue weighted by atomic mass is 16.1. The Hall–Kier alpha value is -3.44. The number of carbonyl (C=O) groups excluding carboxylic acids is 1. The van der Waals surface area contributed by atoms with Gasteiger partial charge in [0.05, 0.1) is 12.1 Å². The molecule has 0 saturated heterocycles. The Kier molecular flexibility index (Phi) is 5.03. The number of nitrogens with one attached hydrogen (secondary N) is 2. The van der Waals surface area contributed by atoms with Gasteiger partial charge in [0.1, 0.15) is 0 Å². The highest BCUT2D eigenvalue weighted by Crippen LogP contribution is 2.27. The third-order valence-corrected chi connectivity index (χ3v) is 5.71. The molecule has 5 rings (SSSR count). The zero-order valence-electron chi connectivity index (χ0n) is 16.8. The van der Waals surface area contributed by atoms with Crippen LogP contribution < -0.4 is 5.32 Å². The van der Waals surface area contributed by atoms with E-state index in [1.54, 1.807) is 0 Å². The maximum absolute atomic E-state index is 12.6. The SMILES string of the molecule is O=C(Cc1ccc2ccccc2c1)Nc1n[nH]c2c1CN(CCc1ccccc1)C2. The summed E-state index contributed by atoms with van der Waals surface area (Å²) >= 11 is 0. The molecule has 1 aromatic heterocycles. The standard InChI is InChI=1S/C25H24N4O/c30-24(15-19-10-11-20-8-4-5-9-21(20)14-19)26-25-22-16-29(17-23(22)27-28-25)13-12-18-6-2-1-3-7-18/h1-11,14H,12-13,15-17H2,(H2,26,27,28,30). The van der Waals surface area contributed by atoms with Gasteiger partial charge in [-0.25, -0.2) is 0 Å². The minimum Gasteiger partial charge on any atom is -0.309 e. The van der Waals surface area contributed by atoms with Gasteiger partial charge in [-0.1, -0.05) is 72.8 Å². The average Bonchev–Trinajstić information content (AvgIpc) is 3.34. The van der Waals surface area contributed by atoms with Crippen molar-refractivity contribution in [2.45, 2.75) is 25.9 Å². The van der Waals surface area contributed by atoms with Crippen LogP contribution in [0.25, 0.3) is 10.8 Å². The number of amides is 1. The topological polar surface area (TPSA) is 61.0 Å². The van der Waals surface area contributed by atoms with Crippen LogP contribution in [0.4, 0.5) is 5.82 Å². The van der Waals surface area contributed by atoms with Gasteiger partial charge < -0.3 is 5.32 Å². The lowest BCUT2D eigenvalue weighted by Crippen LogP contribution is -2.21. The summed E-state index contributed by atoms with van der Waals surface area (Å²) in [6.07, 6.45) is 1.35. The number of anilines is 1. The first kappa shape index (κ1) is 18.6. The molecule has 3 aromatic carbocycles. The van der Waals surface area contributed by atoms with Crippen molar-refractivity contribution in [1.29, 1.82) is 0 Å². The third-order valence-electron chi connectivity index (χ3n) is 5.71. The third kappa shape index (κ3) is 3.98. The number of aromatic nitrogens is 2. The molecule has 2 heterocycles. The summed E-state index contributed by atoms with van der Waals surface area (Å²) in [6, 6.07) is 24.9. The zero-order chi connectivity index (χ0) is 20.3. The number of H-pyrrole nitrogens is 1. The highest BCUT2D eigenvalue weighted by molar-refractivity contribution is 5.93. The van der Waals surface area contributed by atoms with E-state index in [4.69, 9.17) is 0 Å². The molecule has 30 heavy (non-hydrogen) atoms. The molecule has 0 saturated carbocycles. The fraction of sp³-hybridized carbons (Fsp3) is 0.200. The molecule has 150 valence electrons. The minimum atomic E-state index is -0.0395. The predicted octanol–water partition coefficient (Wildman–Crippen LogP) is 4.30. The molecule has 0 fully saturated rings. The van der Waals surface area contributed by atoms with E-state index >= 15 is 0 Å². The lowest BCUT2D eigenvalue weighted by molar-refractivity contribution is -0.115. The van der Waals surface area contributed by atoms with E-state index < -0.39 is 0 Å². The number of nitrogens with zero attached hydrogens (tertiary/aromatic N) is 2. The Bertz CT molecular complexity index is 1180. The molecular formula is C25H24N4O. The van der Waals surface area contributed by atoms with Gasteiger partial charge in [0.2, 0.25) is 5.91 Å². The van der Waals surface area contributed by atoms with Crippen molar-refractivity contribution >= 4 is 22.5 Å². The summed E-state index contributed by atoms with van der Waals surface area (Å²) in [6.45, 7) is 2.64. The maximum Gasteiger partial charge on any atom is 0.230 e. The highest BCUT2D eigenvalue weighted by Gasteiger charge is 2.25. The molecule has 0 atom stereocenters. The number of hydrogen-bond acceptors (Lipinski definition) is 3. The fourth-order valence-electron chi connectivity index (χ4n) is 4.11. The van der Waals surface area contributed by atoms with Crippen molar-refractivity contribution < 1.29 is 4.79 Å². The van der Waals surface area contributed by atoms with E-state index in [-0.39, 0.29) is 5.91 Å². The van der Waals surface area contributed by atoms with Crippen LogP contribution in [0.3, 0.4) is 0 Å². The van der Waals surface area contributed by atoms with Crippen LogP contribution in [0.2, 0.25) is 0 Å². The molecule has 4 aromatic rings. The van der Waals surface area contributed by atoms with E-state index in [2.05, 4.69) is 68.9 Å². The molecule has 1 aliphatic rings. The Morgan fingerprint density at radius 3 is 2.60 bits per heavy atom. The van der Waals surface area contributed by atoms with Gasteiger partial charge in [-0.05, 0) is 28.3 Å². The molecule has 0 unspecified atom stereocenters. The van der Waals surface area contributed by atoms with E-state index in [1.807, 2.05) is 24.3 Å². The van der Waals surface area contributed by atoms with Crippen LogP contribution in [-0.4, -0.2) is 27.5 Å². The Morgan fingerprint density at radius 2 is 1.73 bits per heavy atom. The van der Waals surface area contributed by atoms with Gasteiger partial charge in [-0.3, -0.25) is 14.8 Å². The lowest BCUT2D eigenvalue weighted by atomic mass is 10.0. The predicted molar refractivity (Wildman–Crippen MR) is 119 cm³/mol. The van der Waals surface area contributed by atoms with Crippen LogP contribution in [0, 0.1) is 0 Å². The van der Waals surface area contributed by atoms with E-state index in [9.17, 15) is 4.79 Å². The van der Waals surface area contributed by atoms with Crippen LogP contribution >= 0.6 is 0 Å². The molecule has 5 nitrogen and oxygen atoms in total. The van der Waals surface area contributed by atoms with E-state index in [0.29, 0.717) is 12.2 Å². The largest absolute Gasteiger partial charge is 0.309 e. The second-order valence-corrected chi connectivity index (χ2v) is 7.88. The number of benzene rings is 3. The smallest absolute Gasteiger partial charge is 0.230 e. The van der Waals surface area contributed by atoms with Gasteiger partial charge in [0.25, 0.3) is 0 Å². The summed E-state index contributed by atoms with van der Waals surface area (Å²) in [5, 5.41) is 12.8. The van der Waals surface area contributed by atoms with Gasteiger partial charge in [0, 0.05) is 25.2 Å². The maximum atomic E-state index is 12.6. The number of rotatable bonds is 6. The summed E-state index contributed by atoms with van der Waals surface area (Å²) in [5.74, 6) is 0.625. The second kappa shape index (κ2) is 8.13. The minimum absolute atomic E-state index is 0.0395. The molecule has 5 heteroatoms. The van der Waals surface area contributed by atoms with Crippen molar-refractivity contribution in [3.8, 4) is 0 Å². The van der Waals surface area contributed by atoms with Crippen molar-refractivity contribution in [1.82, 2.24) is 15.1 Å². The normalized spacial score (nSPS) is 13.5. The van der Waals surface area contributed by atoms with E-state index in [0.717, 1.165) is 48.3 Å². The summed E-state index contributed by atoms with van der Waals surface area (Å²) in [5.41, 5.74) is 4.55. The molecule has 1 aliphatic heterocycles. The quantitative estimate of drug-likeness (QED) is 0.511. The Labute approximate surface area is 175 Å². The van der Waals surface area contributed by atoms with Crippen LogP contribution in [0.1, 0.15) is 22.4 Å². The van der Waals surface area contributed by atoms with Gasteiger partial charge in [0.15, 0.2) is 5.82 Å². The second-order valence-electron chi connectivity index (χ2n) is 7.88. The first-order valence-corrected chi connectivity index (χ1v) is 10.3. The average molecular weight is 396 g/mol. The van der Waals surface area contributed by atoms with Crippen molar-refractivity contribution in [3.63, 3.8) is 0 Å². The first-order chi connectivity index (χ1) is 14.7. The molecular weight excluding hydrogens is 372 g/mol. The molecule has 2 N–H and O–H groups in total. The zero-order valence-corrected chi connectivity index (χ0v) is 16.8. The first-order valence-electron chi connectivity index (χ1n) is 10.3. The van der Waals surface area contributed by atoms with Crippen LogP contribution in [0.5, 0.6) is 0 Å². The summed E-state index contributed by atoms with van der Waals surface area (Å²) < 4.78 is 0. The number of hydrogen-bond donors (Lipinski definition) is 2. The van der Waals surface area contributed by atoms with Gasteiger partial charge in [-0.15, -0.1) is 0 Å². The number of aromatic amines is 1. The molecule has 1 amide bonds.